The molecule has 0 saturated carbocycles. The molecule has 2 nitrogen and oxygen atoms in total. The molecular weight excluding hydrogens is 254 g/mol. The highest BCUT2D eigenvalue weighted by atomic mass is 16.5. The highest BCUT2D eigenvalue weighted by Gasteiger charge is 2.15. The highest BCUT2D eigenvalue weighted by Crippen LogP contribution is 2.24. The summed E-state index contributed by atoms with van der Waals surface area (Å²) >= 11 is 0. The van der Waals surface area contributed by atoms with Crippen LogP contribution in [0.1, 0.15) is 10.4 Å². The Labute approximate surface area is 130 Å². The van der Waals surface area contributed by atoms with Crippen molar-refractivity contribution in [3.05, 3.63) is 23.8 Å². The van der Waals surface area contributed by atoms with Crippen LogP contribution < -0.4 is 32.1 Å². The lowest BCUT2D eigenvalue weighted by molar-refractivity contribution is 0.112. The zero-order valence-electron chi connectivity index (χ0n) is 11.5. The molecule has 0 saturated heterocycles. The van der Waals surface area contributed by atoms with Gasteiger partial charge < -0.3 is 4.74 Å². The van der Waals surface area contributed by atoms with E-state index in [2.05, 4.69) is 0 Å². The summed E-state index contributed by atoms with van der Waals surface area (Å²) in [7, 11) is 31.0. The molecule has 0 aliphatic carbocycles. The molecule has 90 valence electrons. The number of carbonyl (C=O) groups excluding carboxylic acids is 1. The second-order valence-corrected chi connectivity index (χ2v) is 4.51. The Morgan fingerprint density at radius 2 is 1.43 bits per heavy atom. The van der Waals surface area contributed by atoms with Crippen molar-refractivity contribution >= 4 is 72.8 Å². The second kappa shape index (κ2) is 5.93. The fraction of sp³-hybridized carbons (Fsp3) is 0.0714. The van der Waals surface area contributed by atoms with Crippen LogP contribution in [-0.4, -0.2) is 52.6 Å². The van der Waals surface area contributed by atoms with Crippen molar-refractivity contribution in [3.8, 4) is 16.9 Å². The molecule has 0 aliphatic rings. The molecule has 0 bridgehead atoms. The zero-order chi connectivity index (χ0) is 15.7. The Morgan fingerprint density at radius 1 is 0.905 bits per heavy atom. The van der Waals surface area contributed by atoms with Crippen molar-refractivity contribution in [2.75, 3.05) is 7.11 Å². The third-order valence-electron chi connectivity index (χ3n) is 3.36. The van der Waals surface area contributed by atoms with Crippen molar-refractivity contribution in [3.63, 3.8) is 0 Å². The minimum absolute atomic E-state index is 0.129. The highest BCUT2D eigenvalue weighted by molar-refractivity contribution is 6.68. The molecule has 0 aromatic heterocycles. The molecule has 0 fully saturated rings. The third kappa shape index (κ3) is 2.57. The number of hydrogen-bond donors (Lipinski definition) is 0. The predicted molar refractivity (Wildman–Crippen MR) is 90.8 cm³/mol. The van der Waals surface area contributed by atoms with Gasteiger partial charge in [0, 0.05) is 5.56 Å². The number of hydrogen-bond acceptors (Lipinski definition) is 2. The van der Waals surface area contributed by atoms with Gasteiger partial charge in [0.25, 0.3) is 0 Å². The number of aldehydes is 1. The number of rotatable bonds is 3. The van der Waals surface area contributed by atoms with E-state index in [1.165, 1.54) is 7.11 Å². The summed E-state index contributed by atoms with van der Waals surface area (Å²) in [6, 6.07) is 4.90. The van der Waals surface area contributed by atoms with Gasteiger partial charge in [0.1, 0.15) is 45.0 Å². The van der Waals surface area contributed by atoms with Crippen LogP contribution in [-0.2, 0) is 0 Å². The molecule has 0 aliphatic heterocycles. The first-order valence-corrected chi connectivity index (χ1v) is 6.07. The van der Waals surface area contributed by atoms with E-state index in [4.69, 9.17) is 44.0 Å². The molecule has 0 spiro atoms. The Hall–Kier alpha value is -1.77. The summed E-state index contributed by atoms with van der Waals surface area (Å²) in [5.74, 6) is 0.545. The fourth-order valence-electron chi connectivity index (χ4n) is 2.12. The molecule has 2 aromatic rings. The van der Waals surface area contributed by atoms with Crippen LogP contribution in [0.4, 0.5) is 0 Å². The molecule has 2 aromatic carbocycles. The first kappa shape index (κ1) is 15.6. The molecule has 0 unspecified atom stereocenters. The van der Waals surface area contributed by atoms with E-state index in [0.717, 1.165) is 0 Å². The smallest absolute Gasteiger partial charge is 0.150 e. The maximum Gasteiger partial charge on any atom is 0.150 e. The van der Waals surface area contributed by atoms with E-state index in [9.17, 15) is 4.79 Å². The SMILES string of the molecule is [B]c1c([B])c([B])c(-c2cc(OC)ccc2C=O)c([B])c1[B]. The minimum Gasteiger partial charge on any atom is -0.497 e. The zero-order valence-corrected chi connectivity index (χ0v) is 11.5. The van der Waals surface area contributed by atoms with Crippen molar-refractivity contribution in [1.29, 1.82) is 0 Å². The number of carbonyl (C=O) groups is 1. The summed E-state index contributed by atoms with van der Waals surface area (Å²) in [5, 5.41) is 0. The Morgan fingerprint density at radius 3 is 1.90 bits per heavy atom. The van der Waals surface area contributed by atoms with Gasteiger partial charge in [-0.25, -0.2) is 0 Å². The van der Waals surface area contributed by atoms with Crippen LogP contribution in [0.3, 0.4) is 0 Å². The minimum atomic E-state index is 0.129. The predicted octanol–water partition coefficient (Wildman–Crippen LogP) is -2.86. The first-order chi connectivity index (χ1) is 9.92. The molecule has 21 heavy (non-hydrogen) atoms. The van der Waals surface area contributed by atoms with Crippen molar-refractivity contribution in [1.82, 2.24) is 0 Å². The van der Waals surface area contributed by atoms with Gasteiger partial charge >= 0.3 is 0 Å². The average Bonchev–Trinajstić information content (AvgIpc) is 2.51. The molecular formula is C14H7B5O2. The molecule has 0 N–H and O–H groups in total. The van der Waals surface area contributed by atoms with Crippen LogP contribution >= 0.6 is 0 Å². The van der Waals surface area contributed by atoms with Crippen molar-refractivity contribution < 1.29 is 9.53 Å². The topological polar surface area (TPSA) is 26.3 Å². The first-order valence-electron chi connectivity index (χ1n) is 6.07. The van der Waals surface area contributed by atoms with E-state index >= 15 is 0 Å². The van der Waals surface area contributed by atoms with Gasteiger partial charge in [-0.05, 0) is 29.3 Å². The Balaban J connectivity index is 2.87. The fourth-order valence-corrected chi connectivity index (χ4v) is 2.12. The van der Waals surface area contributed by atoms with Gasteiger partial charge in [0.05, 0.1) is 7.11 Å². The molecule has 10 radical (unpaired) electrons. The molecule has 0 amide bonds. The molecule has 0 atom stereocenters. The lowest BCUT2D eigenvalue weighted by Crippen LogP contribution is -2.55. The van der Waals surface area contributed by atoms with Gasteiger partial charge in [-0.2, -0.15) is 0 Å². The van der Waals surface area contributed by atoms with Crippen molar-refractivity contribution in [2.45, 2.75) is 0 Å². The van der Waals surface area contributed by atoms with E-state index < -0.39 is 0 Å². The maximum absolute atomic E-state index is 11.3. The normalized spacial score (nSPS) is 10.3. The summed E-state index contributed by atoms with van der Waals surface area (Å²) in [6.45, 7) is 0. The second-order valence-electron chi connectivity index (χ2n) is 4.51. The van der Waals surface area contributed by atoms with Gasteiger partial charge in [0.2, 0.25) is 0 Å². The van der Waals surface area contributed by atoms with Crippen LogP contribution in [0, 0.1) is 0 Å². The van der Waals surface area contributed by atoms with Crippen LogP contribution in [0.2, 0.25) is 0 Å². The van der Waals surface area contributed by atoms with Crippen LogP contribution in [0.5, 0.6) is 5.75 Å². The third-order valence-corrected chi connectivity index (χ3v) is 3.36. The Bertz CT molecular complexity index is 699. The maximum atomic E-state index is 11.3. The van der Waals surface area contributed by atoms with E-state index in [1.807, 2.05) is 0 Å². The number of methoxy groups -OCH3 is 1. The Kier molecular flexibility index (Phi) is 4.41. The molecule has 7 heteroatoms. The van der Waals surface area contributed by atoms with E-state index in [-0.39, 0.29) is 27.3 Å². The lowest BCUT2D eigenvalue weighted by atomic mass is 9.59. The lowest BCUT2D eigenvalue weighted by Gasteiger charge is -2.22. The van der Waals surface area contributed by atoms with Gasteiger partial charge in [0.15, 0.2) is 6.29 Å². The summed E-state index contributed by atoms with van der Waals surface area (Å²) in [5.41, 5.74) is 2.00. The van der Waals surface area contributed by atoms with Crippen LogP contribution in [0.25, 0.3) is 11.1 Å². The largest absolute Gasteiger partial charge is 0.497 e. The quantitative estimate of drug-likeness (QED) is 0.439. The number of ether oxygens (including phenoxy) is 1. The van der Waals surface area contributed by atoms with Crippen LogP contribution in [0.15, 0.2) is 18.2 Å². The van der Waals surface area contributed by atoms with E-state index in [0.29, 0.717) is 28.7 Å². The average molecular weight is 261 g/mol. The number of benzene rings is 2. The van der Waals surface area contributed by atoms with Gasteiger partial charge in [-0.1, -0.05) is 10.9 Å². The van der Waals surface area contributed by atoms with E-state index in [1.54, 1.807) is 18.2 Å². The summed E-state index contributed by atoms with van der Waals surface area (Å²) in [4.78, 5) is 11.3. The summed E-state index contributed by atoms with van der Waals surface area (Å²) in [6.07, 6.45) is 0.691. The standard InChI is InChI=1S/C14H7B5O2/c1-21-7-3-2-6(5-20)8(4-7)9-10(15)12(17)14(19)13(18)11(9)16/h2-5H,1H3. The van der Waals surface area contributed by atoms with Gasteiger partial charge in [-0.3, -0.25) is 4.79 Å². The summed E-state index contributed by atoms with van der Waals surface area (Å²) < 4.78 is 5.16. The van der Waals surface area contributed by atoms with Gasteiger partial charge in [-0.15, -0.1) is 16.4 Å². The molecule has 0 heterocycles. The van der Waals surface area contributed by atoms with Crippen molar-refractivity contribution in [2.24, 2.45) is 0 Å². The monoisotopic (exact) mass is 262 g/mol. The molecule has 2 rings (SSSR count).